The SMILES string of the molecule is CCCNc1ncc(COc2ccc(Cl)cc2[N+](=O)[O-])s1. The number of rotatable bonds is 7. The minimum absolute atomic E-state index is 0.142. The van der Waals surface area contributed by atoms with E-state index in [1.807, 2.05) is 0 Å². The van der Waals surface area contributed by atoms with Crippen LogP contribution in [0.2, 0.25) is 5.02 Å². The van der Waals surface area contributed by atoms with Gasteiger partial charge in [-0.15, -0.1) is 0 Å². The van der Waals surface area contributed by atoms with Crippen LogP contribution in [-0.2, 0) is 6.61 Å². The number of nitrogens with one attached hydrogen (secondary N) is 1. The van der Waals surface area contributed by atoms with Crippen molar-refractivity contribution in [2.24, 2.45) is 0 Å². The van der Waals surface area contributed by atoms with Crippen molar-refractivity contribution in [1.29, 1.82) is 0 Å². The lowest BCUT2D eigenvalue weighted by Crippen LogP contribution is -1.98. The molecule has 1 heterocycles. The van der Waals surface area contributed by atoms with Crippen LogP contribution in [-0.4, -0.2) is 16.5 Å². The summed E-state index contributed by atoms with van der Waals surface area (Å²) in [4.78, 5) is 15.5. The number of ether oxygens (including phenoxy) is 1. The minimum Gasteiger partial charge on any atom is -0.481 e. The van der Waals surface area contributed by atoms with Gasteiger partial charge in [0.2, 0.25) is 0 Å². The molecule has 6 nitrogen and oxygen atoms in total. The zero-order valence-electron chi connectivity index (χ0n) is 11.3. The standard InChI is InChI=1S/C13H14ClN3O3S/c1-2-5-15-13-16-7-10(21-13)8-20-12-4-3-9(14)6-11(12)17(18)19/h3-4,6-7H,2,5,8H2,1H3,(H,15,16). The largest absolute Gasteiger partial charge is 0.481 e. The summed E-state index contributed by atoms with van der Waals surface area (Å²) in [5, 5.41) is 15.3. The molecule has 0 aliphatic carbocycles. The highest BCUT2D eigenvalue weighted by atomic mass is 35.5. The van der Waals surface area contributed by atoms with Gasteiger partial charge >= 0.3 is 5.69 Å². The lowest BCUT2D eigenvalue weighted by molar-refractivity contribution is -0.385. The van der Waals surface area contributed by atoms with E-state index >= 15 is 0 Å². The first-order valence-corrected chi connectivity index (χ1v) is 7.55. The molecule has 0 spiro atoms. The summed E-state index contributed by atoms with van der Waals surface area (Å²) < 4.78 is 5.50. The second kappa shape index (κ2) is 7.24. The Kier molecular flexibility index (Phi) is 5.35. The summed E-state index contributed by atoms with van der Waals surface area (Å²) in [7, 11) is 0. The molecule has 112 valence electrons. The molecule has 21 heavy (non-hydrogen) atoms. The number of thiazole rings is 1. The quantitative estimate of drug-likeness (QED) is 0.611. The maximum atomic E-state index is 11.0. The zero-order chi connectivity index (χ0) is 15.2. The predicted octanol–water partition coefficient (Wildman–Crippen LogP) is 4.11. The van der Waals surface area contributed by atoms with Crippen LogP contribution in [0.3, 0.4) is 0 Å². The molecule has 2 rings (SSSR count). The van der Waals surface area contributed by atoms with E-state index in [0.717, 1.165) is 23.0 Å². The average Bonchev–Trinajstić information content (AvgIpc) is 2.91. The first-order chi connectivity index (χ1) is 10.1. The Labute approximate surface area is 130 Å². The molecule has 1 aromatic carbocycles. The highest BCUT2D eigenvalue weighted by molar-refractivity contribution is 7.15. The Balaban J connectivity index is 2.03. The third kappa shape index (κ3) is 4.30. The molecule has 0 unspecified atom stereocenters. The molecule has 0 saturated carbocycles. The van der Waals surface area contributed by atoms with Crippen molar-refractivity contribution in [1.82, 2.24) is 4.98 Å². The first-order valence-electron chi connectivity index (χ1n) is 6.35. The number of nitrogens with zero attached hydrogens (tertiary/aromatic N) is 2. The fraction of sp³-hybridized carbons (Fsp3) is 0.308. The van der Waals surface area contributed by atoms with Crippen molar-refractivity contribution in [3.63, 3.8) is 0 Å². The third-order valence-corrected chi connectivity index (χ3v) is 3.73. The van der Waals surface area contributed by atoms with Gasteiger partial charge in [0.1, 0.15) is 6.61 Å². The fourth-order valence-electron chi connectivity index (χ4n) is 1.59. The van der Waals surface area contributed by atoms with E-state index in [1.54, 1.807) is 12.3 Å². The van der Waals surface area contributed by atoms with E-state index in [-0.39, 0.29) is 18.0 Å². The molecular weight excluding hydrogens is 314 g/mol. The topological polar surface area (TPSA) is 77.3 Å². The monoisotopic (exact) mass is 327 g/mol. The molecule has 0 saturated heterocycles. The molecule has 0 aliphatic rings. The van der Waals surface area contributed by atoms with Crippen molar-refractivity contribution in [2.75, 3.05) is 11.9 Å². The van der Waals surface area contributed by atoms with Gasteiger partial charge in [0.15, 0.2) is 10.9 Å². The number of anilines is 1. The van der Waals surface area contributed by atoms with Gasteiger partial charge in [-0.1, -0.05) is 29.9 Å². The number of nitro benzene ring substituents is 1. The number of nitro groups is 1. The molecule has 0 atom stereocenters. The van der Waals surface area contributed by atoms with Gasteiger partial charge in [0.25, 0.3) is 0 Å². The van der Waals surface area contributed by atoms with Crippen molar-refractivity contribution in [2.45, 2.75) is 20.0 Å². The fourth-order valence-corrected chi connectivity index (χ4v) is 2.51. The molecular formula is C13H14ClN3O3S. The van der Waals surface area contributed by atoms with E-state index in [9.17, 15) is 10.1 Å². The van der Waals surface area contributed by atoms with Gasteiger partial charge < -0.3 is 10.1 Å². The van der Waals surface area contributed by atoms with Crippen molar-refractivity contribution < 1.29 is 9.66 Å². The second-order valence-corrected chi connectivity index (χ2v) is 5.77. The molecule has 0 fully saturated rings. The van der Waals surface area contributed by atoms with Crippen LogP contribution in [0, 0.1) is 10.1 Å². The molecule has 8 heteroatoms. The van der Waals surface area contributed by atoms with Crippen LogP contribution in [0.4, 0.5) is 10.8 Å². The van der Waals surface area contributed by atoms with Crippen molar-refractivity contribution in [3.8, 4) is 5.75 Å². The maximum Gasteiger partial charge on any atom is 0.312 e. The highest BCUT2D eigenvalue weighted by Crippen LogP contribution is 2.31. The maximum absolute atomic E-state index is 11.0. The predicted molar refractivity (Wildman–Crippen MR) is 83.3 cm³/mol. The molecule has 0 bridgehead atoms. The Bertz CT molecular complexity index is 633. The van der Waals surface area contributed by atoms with Crippen LogP contribution >= 0.6 is 22.9 Å². The Morgan fingerprint density at radius 3 is 3.05 bits per heavy atom. The number of benzene rings is 1. The summed E-state index contributed by atoms with van der Waals surface area (Å²) in [6, 6.07) is 4.33. The molecule has 1 aromatic heterocycles. The first kappa shape index (κ1) is 15.5. The van der Waals surface area contributed by atoms with Crippen molar-refractivity contribution in [3.05, 3.63) is 44.4 Å². The van der Waals surface area contributed by atoms with Crippen molar-refractivity contribution >= 4 is 33.8 Å². The second-order valence-electron chi connectivity index (χ2n) is 4.22. The number of aromatic nitrogens is 1. The lowest BCUT2D eigenvalue weighted by atomic mass is 10.3. The summed E-state index contributed by atoms with van der Waals surface area (Å²) in [6.07, 6.45) is 2.72. The van der Waals surface area contributed by atoms with E-state index in [2.05, 4.69) is 17.2 Å². The normalized spacial score (nSPS) is 10.4. The molecule has 2 aromatic rings. The molecule has 0 amide bonds. The van der Waals surface area contributed by atoms with E-state index < -0.39 is 4.92 Å². The number of halogens is 1. The minimum atomic E-state index is -0.512. The molecule has 0 radical (unpaired) electrons. The van der Waals surface area contributed by atoms with E-state index in [1.165, 1.54) is 23.5 Å². The van der Waals surface area contributed by atoms with Gasteiger partial charge in [0, 0.05) is 23.8 Å². The summed E-state index contributed by atoms with van der Waals surface area (Å²) in [6.45, 7) is 3.16. The van der Waals surface area contributed by atoms with E-state index in [4.69, 9.17) is 16.3 Å². The molecule has 1 N–H and O–H groups in total. The number of hydrogen-bond acceptors (Lipinski definition) is 6. The van der Waals surface area contributed by atoms with Crippen LogP contribution in [0.5, 0.6) is 5.75 Å². The summed E-state index contributed by atoms with van der Waals surface area (Å²) in [5.41, 5.74) is -0.142. The van der Waals surface area contributed by atoms with Gasteiger partial charge in [0.05, 0.1) is 9.80 Å². The Hall–Kier alpha value is -1.86. The van der Waals surface area contributed by atoms with Gasteiger partial charge in [-0.2, -0.15) is 0 Å². The lowest BCUT2D eigenvalue weighted by Gasteiger charge is -2.05. The number of hydrogen-bond donors (Lipinski definition) is 1. The van der Waals surface area contributed by atoms with Crippen LogP contribution in [0.1, 0.15) is 18.2 Å². The third-order valence-electron chi connectivity index (χ3n) is 2.57. The highest BCUT2D eigenvalue weighted by Gasteiger charge is 2.16. The Morgan fingerprint density at radius 1 is 1.52 bits per heavy atom. The summed E-state index contributed by atoms with van der Waals surface area (Å²) in [5.74, 6) is 0.195. The van der Waals surface area contributed by atoms with E-state index in [0.29, 0.717) is 5.02 Å². The molecule has 0 aliphatic heterocycles. The Morgan fingerprint density at radius 2 is 2.33 bits per heavy atom. The van der Waals surface area contributed by atoms with Crippen LogP contribution in [0.15, 0.2) is 24.4 Å². The zero-order valence-corrected chi connectivity index (χ0v) is 12.9. The van der Waals surface area contributed by atoms with Gasteiger partial charge in [-0.3, -0.25) is 10.1 Å². The van der Waals surface area contributed by atoms with Gasteiger partial charge in [-0.25, -0.2) is 4.98 Å². The average molecular weight is 328 g/mol. The van der Waals surface area contributed by atoms with Crippen LogP contribution in [0.25, 0.3) is 0 Å². The smallest absolute Gasteiger partial charge is 0.312 e. The van der Waals surface area contributed by atoms with Crippen LogP contribution < -0.4 is 10.1 Å². The summed E-state index contributed by atoms with van der Waals surface area (Å²) >= 11 is 7.22. The van der Waals surface area contributed by atoms with Gasteiger partial charge in [-0.05, 0) is 18.6 Å².